The van der Waals surface area contributed by atoms with E-state index < -0.39 is 11.7 Å². The molecule has 2 rings (SSSR count). The zero-order chi connectivity index (χ0) is 19.9. The van der Waals surface area contributed by atoms with Gasteiger partial charge in [-0.25, -0.2) is 0 Å². The minimum Gasteiger partial charge on any atom is -0.492 e. The Labute approximate surface area is 155 Å². The van der Waals surface area contributed by atoms with Crippen molar-refractivity contribution in [1.82, 2.24) is 15.8 Å². The molecule has 1 aromatic heterocycles. The number of guanidine groups is 1. The molecular formula is C18H23F3N4O2. The third-order valence-corrected chi connectivity index (χ3v) is 3.65. The molecule has 9 heteroatoms. The lowest BCUT2D eigenvalue weighted by atomic mass is 10.1. The van der Waals surface area contributed by atoms with Crippen LogP contribution in [0.5, 0.6) is 5.75 Å². The molecule has 0 aliphatic carbocycles. The SMILES string of the molecule is CN=C(NCCOc1cccc(C(F)(F)F)c1)NCc1cc(C(C)C)no1. The van der Waals surface area contributed by atoms with Gasteiger partial charge in [0.1, 0.15) is 12.4 Å². The van der Waals surface area contributed by atoms with Gasteiger partial charge in [-0.15, -0.1) is 0 Å². The summed E-state index contributed by atoms with van der Waals surface area (Å²) in [4.78, 5) is 4.06. The van der Waals surface area contributed by atoms with Crippen LogP contribution in [0.4, 0.5) is 13.2 Å². The average molecular weight is 384 g/mol. The van der Waals surface area contributed by atoms with E-state index in [1.807, 2.05) is 19.9 Å². The predicted octanol–water partition coefficient (Wildman–Crippen LogP) is 3.56. The fourth-order valence-corrected chi connectivity index (χ4v) is 2.18. The fourth-order valence-electron chi connectivity index (χ4n) is 2.18. The molecule has 0 aliphatic rings. The van der Waals surface area contributed by atoms with E-state index in [2.05, 4.69) is 20.8 Å². The van der Waals surface area contributed by atoms with Crippen LogP contribution in [0, 0.1) is 0 Å². The molecule has 0 aliphatic heterocycles. The van der Waals surface area contributed by atoms with Gasteiger partial charge in [-0.3, -0.25) is 4.99 Å². The Bertz CT molecular complexity index is 757. The first kappa shape index (κ1) is 20.6. The molecule has 1 aromatic carbocycles. The number of nitrogens with one attached hydrogen (secondary N) is 2. The number of benzene rings is 1. The lowest BCUT2D eigenvalue weighted by Crippen LogP contribution is -2.38. The molecule has 1 heterocycles. The Hall–Kier alpha value is -2.71. The highest BCUT2D eigenvalue weighted by molar-refractivity contribution is 5.79. The zero-order valence-corrected chi connectivity index (χ0v) is 15.4. The van der Waals surface area contributed by atoms with Crippen LogP contribution in [-0.2, 0) is 12.7 Å². The average Bonchev–Trinajstić information content (AvgIpc) is 3.10. The molecule has 0 bridgehead atoms. The molecule has 2 aromatic rings. The number of hydrogen-bond donors (Lipinski definition) is 2. The summed E-state index contributed by atoms with van der Waals surface area (Å²) in [5.41, 5.74) is 0.141. The number of ether oxygens (including phenoxy) is 1. The van der Waals surface area contributed by atoms with E-state index in [4.69, 9.17) is 9.26 Å². The molecule has 0 fully saturated rings. The molecule has 6 nitrogen and oxygen atoms in total. The smallest absolute Gasteiger partial charge is 0.416 e. The number of aliphatic imine (C=N–C) groups is 1. The highest BCUT2D eigenvalue weighted by Gasteiger charge is 2.30. The van der Waals surface area contributed by atoms with E-state index in [0.717, 1.165) is 17.8 Å². The molecule has 148 valence electrons. The van der Waals surface area contributed by atoms with Crippen molar-refractivity contribution in [2.45, 2.75) is 32.5 Å². The number of aromatic nitrogens is 1. The van der Waals surface area contributed by atoms with E-state index >= 15 is 0 Å². The highest BCUT2D eigenvalue weighted by atomic mass is 19.4. The fraction of sp³-hybridized carbons (Fsp3) is 0.444. The second-order valence-corrected chi connectivity index (χ2v) is 6.10. The number of nitrogens with zero attached hydrogens (tertiary/aromatic N) is 2. The third-order valence-electron chi connectivity index (χ3n) is 3.65. The van der Waals surface area contributed by atoms with Gasteiger partial charge < -0.3 is 19.9 Å². The Kier molecular flexibility index (Phi) is 7.09. The number of hydrogen-bond acceptors (Lipinski definition) is 4. The minimum atomic E-state index is -4.39. The van der Waals surface area contributed by atoms with Gasteiger partial charge in [-0.1, -0.05) is 25.1 Å². The van der Waals surface area contributed by atoms with E-state index in [0.29, 0.717) is 24.8 Å². The first-order valence-corrected chi connectivity index (χ1v) is 8.49. The van der Waals surface area contributed by atoms with Crippen molar-refractivity contribution in [3.8, 4) is 5.75 Å². The molecule has 0 saturated heterocycles. The summed E-state index contributed by atoms with van der Waals surface area (Å²) in [6.07, 6.45) is -4.39. The van der Waals surface area contributed by atoms with Crippen LogP contribution >= 0.6 is 0 Å². The Morgan fingerprint density at radius 1 is 1.26 bits per heavy atom. The van der Waals surface area contributed by atoms with Crippen molar-refractivity contribution in [1.29, 1.82) is 0 Å². The minimum absolute atomic E-state index is 0.164. The maximum atomic E-state index is 12.7. The van der Waals surface area contributed by atoms with Crippen LogP contribution in [0.2, 0.25) is 0 Å². The summed E-state index contributed by atoms with van der Waals surface area (Å²) >= 11 is 0. The van der Waals surface area contributed by atoms with Crippen molar-refractivity contribution in [3.05, 3.63) is 47.3 Å². The lowest BCUT2D eigenvalue weighted by Gasteiger charge is -2.12. The summed E-state index contributed by atoms with van der Waals surface area (Å²) in [7, 11) is 1.61. The molecule has 0 unspecified atom stereocenters. The van der Waals surface area contributed by atoms with Gasteiger partial charge in [-0.05, 0) is 24.1 Å². The van der Waals surface area contributed by atoms with Crippen LogP contribution in [0.15, 0.2) is 39.8 Å². The van der Waals surface area contributed by atoms with Crippen LogP contribution in [0.25, 0.3) is 0 Å². The number of halogens is 3. The van der Waals surface area contributed by atoms with E-state index in [-0.39, 0.29) is 18.3 Å². The monoisotopic (exact) mass is 384 g/mol. The maximum absolute atomic E-state index is 12.7. The molecule has 2 N–H and O–H groups in total. The van der Waals surface area contributed by atoms with E-state index in [1.54, 1.807) is 7.05 Å². The van der Waals surface area contributed by atoms with Gasteiger partial charge >= 0.3 is 6.18 Å². The standard InChI is InChI=1S/C18H23F3N4O2/c1-12(2)16-10-15(27-25-16)11-24-17(22-3)23-7-8-26-14-6-4-5-13(9-14)18(19,20)21/h4-6,9-10,12H,7-8,11H2,1-3H3,(H2,22,23,24). The second kappa shape index (κ2) is 9.29. The Morgan fingerprint density at radius 3 is 2.67 bits per heavy atom. The number of rotatable bonds is 7. The lowest BCUT2D eigenvalue weighted by molar-refractivity contribution is -0.137. The molecule has 0 atom stereocenters. The van der Waals surface area contributed by atoms with Crippen LogP contribution in [0.3, 0.4) is 0 Å². The topological polar surface area (TPSA) is 71.7 Å². The van der Waals surface area contributed by atoms with Crippen molar-refractivity contribution in [2.75, 3.05) is 20.2 Å². The summed E-state index contributed by atoms with van der Waals surface area (Å²) in [6.45, 7) is 5.01. The van der Waals surface area contributed by atoms with Gasteiger partial charge in [0.05, 0.1) is 24.3 Å². The summed E-state index contributed by atoms with van der Waals surface area (Å²) in [5, 5.41) is 10.1. The van der Waals surface area contributed by atoms with Crippen LogP contribution < -0.4 is 15.4 Å². The predicted molar refractivity (Wildman–Crippen MR) is 95.7 cm³/mol. The first-order chi connectivity index (χ1) is 12.8. The van der Waals surface area contributed by atoms with Gasteiger partial charge in [0.25, 0.3) is 0 Å². The van der Waals surface area contributed by atoms with Crippen molar-refractivity contribution >= 4 is 5.96 Å². The van der Waals surface area contributed by atoms with Crippen LogP contribution in [-0.4, -0.2) is 31.3 Å². The maximum Gasteiger partial charge on any atom is 0.416 e. The molecular weight excluding hydrogens is 361 g/mol. The quantitative estimate of drug-likeness (QED) is 0.434. The van der Waals surface area contributed by atoms with E-state index in [1.165, 1.54) is 12.1 Å². The van der Waals surface area contributed by atoms with Crippen LogP contribution in [0.1, 0.15) is 36.8 Å². The zero-order valence-electron chi connectivity index (χ0n) is 15.4. The largest absolute Gasteiger partial charge is 0.492 e. The molecule has 0 radical (unpaired) electrons. The van der Waals surface area contributed by atoms with Crippen molar-refractivity contribution < 1.29 is 22.4 Å². The molecule has 27 heavy (non-hydrogen) atoms. The molecule has 0 spiro atoms. The summed E-state index contributed by atoms with van der Waals surface area (Å²) < 4.78 is 48.6. The third kappa shape index (κ3) is 6.50. The highest BCUT2D eigenvalue weighted by Crippen LogP contribution is 2.31. The Morgan fingerprint density at radius 2 is 2.04 bits per heavy atom. The molecule has 0 saturated carbocycles. The number of alkyl halides is 3. The summed E-state index contributed by atoms with van der Waals surface area (Å²) in [6, 6.07) is 6.66. The Balaban J connectivity index is 1.75. The molecule has 0 amide bonds. The van der Waals surface area contributed by atoms with Gasteiger partial charge in [-0.2, -0.15) is 13.2 Å². The van der Waals surface area contributed by atoms with Gasteiger partial charge in [0, 0.05) is 13.1 Å². The van der Waals surface area contributed by atoms with Crippen molar-refractivity contribution in [3.63, 3.8) is 0 Å². The normalized spacial score (nSPS) is 12.3. The first-order valence-electron chi connectivity index (χ1n) is 8.49. The summed E-state index contributed by atoms with van der Waals surface area (Å²) in [5.74, 6) is 1.65. The second-order valence-electron chi connectivity index (χ2n) is 6.10. The van der Waals surface area contributed by atoms with Crippen molar-refractivity contribution in [2.24, 2.45) is 4.99 Å². The van der Waals surface area contributed by atoms with Gasteiger partial charge in [0.2, 0.25) is 0 Å². The van der Waals surface area contributed by atoms with E-state index in [9.17, 15) is 13.2 Å². The van der Waals surface area contributed by atoms with Gasteiger partial charge in [0.15, 0.2) is 11.7 Å².